The lowest BCUT2D eigenvalue weighted by molar-refractivity contribution is 0.241. The Bertz CT molecular complexity index is 461. The van der Waals surface area contributed by atoms with Crippen LogP contribution in [0.4, 0.5) is 4.79 Å². The van der Waals surface area contributed by atoms with Crippen LogP contribution in [0.15, 0.2) is 6.20 Å². The first-order valence-corrected chi connectivity index (χ1v) is 8.76. The van der Waals surface area contributed by atoms with E-state index >= 15 is 0 Å². The van der Waals surface area contributed by atoms with E-state index in [4.69, 9.17) is 0 Å². The molecule has 0 atom stereocenters. The fourth-order valence-electron chi connectivity index (χ4n) is 3.38. The summed E-state index contributed by atoms with van der Waals surface area (Å²) in [6.07, 6.45) is 12.0. The highest BCUT2D eigenvalue weighted by Gasteiger charge is 2.18. The topological polar surface area (TPSA) is 59.0 Å². The van der Waals surface area contributed by atoms with Gasteiger partial charge in [-0.1, -0.05) is 32.1 Å². The maximum atomic E-state index is 11.5. The van der Waals surface area contributed by atoms with Gasteiger partial charge in [0.1, 0.15) is 5.82 Å². The SMILES string of the molecule is CCNC(=O)NCCc1ncc(C)n1C1CCCCCCC1. The molecule has 2 rings (SSSR count). The number of hydrogen-bond donors (Lipinski definition) is 2. The molecule has 1 saturated carbocycles. The van der Waals surface area contributed by atoms with Crippen LogP contribution < -0.4 is 10.6 Å². The fraction of sp³-hybridized carbons (Fsp3) is 0.765. The van der Waals surface area contributed by atoms with Crippen molar-refractivity contribution in [2.24, 2.45) is 0 Å². The van der Waals surface area contributed by atoms with Crippen LogP contribution in [-0.2, 0) is 6.42 Å². The lowest BCUT2D eigenvalue weighted by atomic mass is 9.96. The summed E-state index contributed by atoms with van der Waals surface area (Å²) in [5.74, 6) is 1.11. The summed E-state index contributed by atoms with van der Waals surface area (Å²) in [6.45, 7) is 5.35. The quantitative estimate of drug-likeness (QED) is 0.876. The molecule has 1 aromatic rings. The smallest absolute Gasteiger partial charge is 0.314 e. The predicted molar refractivity (Wildman–Crippen MR) is 89.1 cm³/mol. The number of hydrogen-bond acceptors (Lipinski definition) is 2. The molecule has 5 heteroatoms. The van der Waals surface area contributed by atoms with E-state index < -0.39 is 0 Å². The molecule has 0 unspecified atom stereocenters. The number of urea groups is 1. The number of amides is 2. The zero-order valence-electron chi connectivity index (χ0n) is 14.0. The number of imidazole rings is 1. The Kier molecular flexibility index (Phi) is 6.74. The van der Waals surface area contributed by atoms with Crippen molar-refractivity contribution in [2.75, 3.05) is 13.1 Å². The lowest BCUT2D eigenvalue weighted by Crippen LogP contribution is -2.36. The fourth-order valence-corrected chi connectivity index (χ4v) is 3.38. The van der Waals surface area contributed by atoms with Gasteiger partial charge >= 0.3 is 6.03 Å². The van der Waals surface area contributed by atoms with Gasteiger partial charge in [0.25, 0.3) is 0 Å². The van der Waals surface area contributed by atoms with Crippen molar-refractivity contribution in [3.05, 3.63) is 17.7 Å². The number of aryl methyl sites for hydroxylation is 1. The Labute approximate surface area is 133 Å². The molecule has 1 aliphatic rings. The minimum absolute atomic E-state index is 0.0942. The molecule has 0 aromatic carbocycles. The van der Waals surface area contributed by atoms with Crippen LogP contribution in [0.3, 0.4) is 0 Å². The van der Waals surface area contributed by atoms with Gasteiger partial charge in [-0.15, -0.1) is 0 Å². The monoisotopic (exact) mass is 306 g/mol. The van der Waals surface area contributed by atoms with Gasteiger partial charge in [0, 0.05) is 37.4 Å². The molecule has 1 aliphatic carbocycles. The summed E-state index contributed by atoms with van der Waals surface area (Å²) in [5, 5.41) is 5.64. The van der Waals surface area contributed by atoms with Crippen LogP contribution in [0.25, 0.3) is 0 Å². The average Bonchev–Trinajstić information content (AvgIpc) is 2.81. The molecular formula is C17H30N4O. The third kappa shape index (κ3) is 4.75. The van der Waals surface area contributed by atoms with Crippen LogP contribution in [0.1, 0.15) is 69.4 Å². The summed E-state index contributed by atoms with van der Waals surface area (Å²) in [6, 6.07) is 0.491. The molecule has 0 bridgehead atoms. The van der Waals surface area contributed by atoms with Gasteiger partial charge in [0.15, 0.2) is 0 Å². The maximum Gasteiger partial charge on any atom is 0.314 e. The highest BCUT2D eigenvalue weighted by Crippen LogP contribution is 2.28. The van der Waals surface area contributed by atoms with Crippen molar-refractivity contribution in [2.45, 2.75) is 71.3 Å². The van der Waals surface area contributed by atoms with Gasteiger partial charge in [0.2, 0.25) is 0 Å². The van der Waals surface area contributed by atoms with E-state index in [1.54, 1.807) is 0 Å². The van der Waals surface area contributed by atoms with Crippen molar-refractivity contribution in [3.63, 3.8) is 0 Å². The van der Waals surface area contributed by atoms with Crippen LogP contribution in [0, 0.1) is 6.92 Å². The molecule has 2 N–H and O–H groups in total. The predicted octanol–water partition coefficient (Wildman–Crippen LogP) is 3.34. The molecular weight excluding hydrogens is 276 g/mol. The van der Waals surface area contributed by atoms with Crippen LogP contribution >= 0.6 is 0 Å². The molecule has 2 amide bonds. The Hall–Kier alpha value is -1.52. The van der Waals surface area contributed by atoms with Gasteiger partial charge in [-0.2, -0.15) is 0 Å². The molecule has 0 radical (unpaired) electrons. The van der Waals surface area contributed by atoms with Gasteiger partial charge in [0.05, 0.1) is 0 Å². The first-order chi connectivity index (χ1) is 10.7. The first-order valence-electron chi connectivity index (χ1n) is 8.76. The third-order valence-electron chi connectivity index (χ3n) is 4.47. The van der Waals surface area contributed by atoms with E-state index in [0.29, 0.717) is 19.1 Å². The van der Waals surface area contributed by atoms with Crippen LogP contribution in [0.2, 0.25) is 0 Å². The van der Waals surface area contributed by atoms with Crippen LogP contribution in [0.5, 0.6) is 0 Å². The molecule has 1 fully saturated rings. The van der Waals surface area contributed by atoms with E-state index in [0.717, 1.165) is 12.2 Å². The zero-order valence-corrected chi connectivity index (χ0v) is 14.0. The first kappa shape index (κ1) is 16.8. The molecule has 5 nitrogen and oxygen atoms in total. The molecule has 124 valence electrons. The Morgan fingerprint density at radius 3 is 2.59 bits per heavy atom. The van der Waals surface area contributed by atoms with Gasteiger partial charge < -0.3 is 15.2 Å². The Balaban J connectivity index is 1.95. The number of nitrogens with zero attached hydrogens (tertiary/aromatic N) is 2. The summed E-state index contributed by atoms with van der Waals surface area (Å²) in [4.78, 5) is 16.0. The second-order valence-corrected chi connectivity index (χ2v) is 6.22. The number of rotatable bonds is 5. The Morgan fingerprint density at radius 1 is 1.23 bits per heavy atom. The van der Waals surface area contributed by atoms with E-state index in [2.05, 4.69) is 27.1 Å². The van der Waals surface area contributed by atoms with E-state index in [1.807, 2.05) is 13.1 Å². The van der Waals surface area contributed by atoms with Gasteiger partial charge in [-0.05, 0) is 26.7 Å². The van der Waals surface area contributed by atoms with Gasteiger partial charge in [-0.25, -0.2) is 9.78 Å². The summed E-state index contributed by atoms with van der Waals surface area (Å²) < 4.78 is 2.42. The molecule has 22 heavy (non-hydrogen) atoms. The van der Waals surface area contributed by atoms with Gasteiger partial charge in [-0.3, -0.25) is 0 Å². The largest absolute Gasteiger partial charge is 0.338 e. The number of carbonyl (C=O) groups excluding carboxylic acids is 1. The normalized spacial score (nSPS) is 16.8. The molecule has 0 saturated heterocycles. The Morgan fingerprint density at radius 2 is 1.91 bits per heavy atom. The second kappa shape index (κ2) is 8.81. The third-order valence-corrected chi connectivity index (χ3v) is 4.47. The van der Waals surface area contributed by atoms with Crippen molar-refractivity contribution in [1.82, 2.24) is 20.2 Å². The maximum absolute atomic E-state index is 11.5. The number of nitrogens with one attached hydrogen (secondary N) is 2. The minimum atomic E-state index is -0.0942. The number of carbonyl (C=O) groups is 1. The summed E-state index contributed by atoms with van der Waals surface area (Å²) >= 11 is 0. The highest BCUT2D eigenvalue weighted by molar-refractivity contribution is 5.73. The summed E-state index contributed by atoms with van der Waals surface area (Å²) in [5.41, 5.74) is 1.25. The lowest BCUT2D eigenvalue weighted by Gasteiger charge is -2.24. The van der Waals surface area contributed by atoms with E-state index in [1.165, 1.54) is 50.6 Å². The van der Waals surface area contributed by atoms with Crippen molar-refractivity contribution in [1.29, 1.82) is 0 Å². The highest BCUT2D eigenvalue weighted by atomic mass is 16.2. The molecule has 0 aliphatic heterocycles. The van der Waals surface area contributed by atoms with E-state index in [9.17, 15) is 4.79 Å². The van der Waals surface area contributed by atoms with Crippen molar-refractivity contribution < 1.29 is 4.79 Å². The zero-order chi connectivity index (χ0) is 15.8. The average molecular weight is 306 g/mol. The molecule has 0 spiro atoms. The summed E-state index contributed by atoms with van der Waals surface area (Å²) in [7, 11) is 0. The second-order valence-electron chi connectivity index (χ2n) is 6.22. The molecule has 1 aromatic heterocycles. The molecule has 1 heterocycles. The van der Waals surface area contributed by atoms with Crippen LogP contribution in [-0.4, -0.2) is 28.7 Å². The van der Waals surface area contributed by atoms with Crippen molar-refractivity contribution >= 4 is 6.03 Å². The van der Waals surface area contributed by atoms with E-state index in [-0.39, 0.29) is 6.03 Å². The van der Waals surface area contributed by atoms with Crippen molar-refractivity contribution in [3.8, 4) is 0 Å². The minimum Gasteiger partial charge on any atom is -0.338 e. The standard InChI is InChI=1S/C17H30N4O/c1-3-18-17(22)19-12-11-16-20-13-14(2)21(16)15-9-7-5-4-6-8-10-15/h13,15H,3-12H2,1-2H3,(H2,18,19,22). The number of aromatic nitrogens is 2.